The van der Waals surface area contributed by atoms with Crippen LogP contribution in [0.4, 0.5) is 0 Å². The van der Waals surface area contributed by atoms with Gasteiger partial charge in [-0.15, -0.1) is 0 Å². The monoisotopic (exact) mass is 208 g/mol. The summed E-state index contributed by atoms with van der Waals surface area (Å²) in [5.74, 6) is 0.864. The van der Waals surface area contributed by atoms with Gasteiger partial charge in [0.05, 0.1) is 6.61 Å². The Balaban J connectivity index is 3.01. The molecule has 2 heteroatoms. The smallest absolute Gasteiger partial charge is 0.161 e. The van der Waals surface area contributed by atoms with Crippen LogP contribution in [0, 0.1) is 0 Å². The van der Waals surface area contributed by atoms with Gasteiger partial charge in [-0.1, -0.05) is 39.8 Å². The van der Waals surface area contributed by atoms with Crippen LogP contribution in [0.5, 0.6) is 11.5 Å². The van der Waals surface area contributed by atoms with Crippen molar-refractivity contribution in [1.82, 2.24) is 0 Å². The summed E-state index contributed by atoms with van der Waals surface area (Å²) in [6.07, 6.45) is 0.944. The number of aromatic hydroxyl groups is 1. The maximum Gasteiger partial charge on any atom is 0.161 e. The van der Waals surface area contributed by atoms with E-state index in [4.69, 9.17) is 4.74 Å². The highest BCUT2D eigenvalue weighted by Gasteiger charge is 2.20. The van der Waals surface area contributed by atoms with Crippen molar-refractivity contribution in [2.24, 2.45) is 0 Å². The third-order valence-electron chi connectivity index (χ3n) is 2.27. The summed E-state index contributed by atoms with van der Waals surface area (Å²) in [5.41, 5.74) is 0.867. The molecule has 0 saturated carbocycles. The molecule has 0 bridgehead atoms. The molecule has 0 heterocycles. The minimum atomic E-state index is -0.0599. The summed E-state index contributed by atoms with van der Waals surface area (Å²) in [4.78, 5) is 0. The van der Waals surface area contributed by atoms with Gasteiger partial charge in [-0.3, -0.25) is 0 Å². The van der Waals surface area contributed by atoms with Crippen LogP contribution < -0.4 is 4.74 Å². The highest BCUT2D eigenvalue weighted by atomic mass is 16.5. The van der Waals surface area contributed by atoms with Crippen LogP contribution in [0.15, 0.2) is 18.2 Å². The number of phenolic OH excluding ortho intramolecular Hbond substituents is 1. The second kappa shape index (κ2) is 4.56. The molecule has 0 radical (unpaired) electrons. The molecule has 1 aromatic rings. The molecule has 0 atom stereocenters. The molecule has 0 saturated heterocycles. The van der Waals surface area contributed by atoms with E-state index in [2.05, 4.69) is 20.8 Å². The number of hydrogen-bond donors (Lipinski definition) is 1. The van der Waals surface area contributed by atoms with Crippen LogP contribution >= 0.6 is 0 Å². The lowest BCUT2D eigenvalue weighted by atomic mass is 9.86. The minimum absolute atomic E-state index is 0.0599. The van der Waals surface area contributed by atoms with Crippen LogP contribution in [-0.4, -0.2) is 11.7 Å². The van der Waals surface area contributed by atoms with Gasteiger partial charge < -0.3 is 9.84 Å². The molecule has 0 spiro atoms. The van der Waals surface area contributed by atoms with E-state index in [1.165, 1.54) is 0 Å². The molecule has 0 amide bonds. The Morgan fingerprint density at radius 1 is 1.27 bits per heavy atom. The first-order valence-electron chi connectivity index (χ1n) is 5.42. The van der Waals surface area contributed by atoms with E-state index < -0.39 is 0 Å². The molecular weight excluding hydrogens is 188 g/mol. The summed E-state index contributed by atoms with van der Waals surface area (Å²) in [6, 6.07) is 5.67. The first-order chi connectivity index (χ1) is 6.96. The summed E-state index contributed by atoms with van der Waals surface area (Å²) in [7, 11) is 0. The molecule has 15 heavy (non-hydrogen) atoms. The van der Waals surface area contributed by atoms with Crippen LogP contribution in [0.3, 0.4) is 0 Å². The second-order valence-electron chi connectivity index (χ2n) is 4.75. The fourth-order valence-electron chi connectivity index (χ4n) is 1.46. The molecule has 2 nitrogen and oxygen atoms in total. The van der Waals surface area contributed by atoms with Crippen molar-refractivity contribution in [3.05, 3.63) is 23.8 Å². The van der Waals surface area contributed by atoms with E-state index in [0.717, 1.165) is 12.0 Å². The largest absolute Gasteiger partial charge is 0.504 e. The van der Waals surface area contributed by atoms with Crippen molar-refractivity contribution in [3.8, 4) is 11.5 Å². The molecule has 0 unspecified atom stereocenters. The second-order valence-corrected chi connectivity index (χ2v) is 4.75. The molecule has 1 aromatic carbocycles. The van der Waals surface area contributed by atoms with Gasteiger partial charge in [0.1, 0.15) is 0 Å². The summed E-state index contributed by atoms with van der Waals surface area (Å²) < 4.78 is 5.47. The van der Waals surface area contributed by atoms with E-state index in [-0.39, 0.29) is 11.2 Å². The lowest BCUT2D eigenvalue weighted by Crippen LogP contribution is -2.11. The Bertz CT molecular complexity index is 324. The third kappa shape index (κ3) is 2.88. The SMILES string of the molecule is CCCOc1cccc(C(C)(C)C)c1O. The fraction of sp³-hybridized carbons (Fsp3) is 0.538. The van der Waals surface area contributed by atoms with Gasteiger partial charge in [-0.05, 0) is 17.9 Å². The molecule has 0 fully saturated rings. The zero-order valence-electron chi connectivity index (χ0n) is 10.0. The molecule has 1 N–H and O–H groups in total. The van der Waals surface area contributed by atoms with Crippen LogP contribution in [-0.2, 0) is 5.41 Å². The summed E-state index contributed by atoms with van der Waals surface area (Å²) in [6.45, 7) is 8.91. The van der Waals surface area contributed by atoms with Crippen molar-refractivity contribution >= 4 is 0 Å². The first kappa shape index (κ1) is 11.9. The number of phenols is 1. The van der Waals surface area contributed by atoms with Crippen molar-refractivity contribution in [2.75, 3.05) is 6.61 Å². The quantitative estimate of drug-likeness (QED) is 0.824. The highest BCUT2D eigenvalue weighted by molar-refractivity contribution is 5.48. The Kier molecular flexibility index (Phi) is 3.61. The van der Waals surface area contributed by atoms with Crippen LogP contribution in [0.2, 0.25) is 0 Å². The van der Waals surface area contributed by atoms with Gasteiger partial charge in [0.2, 0.25) is 0 Å². The lowest BCUT2D eigenvalue weighted by molar-refractivity contribution is 0.296. The number of benzene rings is 1. The predicted molar refractivity (Wildman–Crippen MR) is 62.6 cm³/mol. The Morgan fingerprint density at radius 2 is 1.93 bits per heavy atom. The fourth-order valence-corrected chi connectivity index (χ4v) is 1.46. The van der Waals surface area contributed by atoms with Crippen molar-refractivity contribution in [2.45, 2.75) is 39.5 Å². The maximum atomic E-state index is 10.0. The Hall–Kier alpha value is -1.18. The summed E-state index contributed by atoms with van der Waals surface area (Å²) >= 11 is 0. The van der Waals surface area contributed by atoms with E-state index in [1.807, 2.05) is 19.1 Å². The van der Waals surface area contributed by atoms with Crippen LogP contribution in [0.25, 0.3) is 0 Å². The lowest BCUT2D eigenvalue weighted by Gasteiger charge is -2.21. The third-order valence-corrected chi connectivity index (χ3v) is 2.27. The first-order valence-corrected chi connectivity index (χ1v) is 5.42. The average molecular weight is 208 g/mol. The Labute approximate surface area is 91.9 Å². The molecule has 1 rings (SSSR count). The topological polar surface area (TPSA) is 29.5 Å². The zero-order valence-corrected chi connectivity index (χ0v) is 10.0. The Morgan fingerprint density at radius 3 is 2.47 bits per heavy atom. The molecule has 0 aliphatic carbocycles. The molecule has 0 aliphatic rings. The molecule has 0 aliphatic heterocycles. The van der Waals surface area contributed by atoms with Crippen molar-refractivity contribution in [1.29, 1.82) is 0 Å². The number of para-hydroxylation sites is 1. The predicted octanol–water partition coefficient (Wildman–Crippen LogP) is 3.48. The van der Waals surface area contributed by atoms with Gasteiger partial charge in [0, 0.05) is 5.56 Å². The standard InChI is InChI=1S/C13H20O2/c1-5-9-15-11-8-6-7-10(12(11)14)13(2,3)4/h6-8,14H,5,9H2,1-4H3. The normalized spacial score (nSPS) is 11.5. The molecule has 84 valence electrons. The minimum Gasteiger partial charge on any atom is -0.504 e. The number of ether oxygens (including phenoxy) is 1. The molecule has 0 aromatic heterocycles. The van der Waals surface area contributed by atoms with E-state index in [1.54, 1.807) is 6.07 Å². The van der Waals surface area contributed by atoms with E-state index in [9.17, 15) is 5.11 Å². The number of rotatable bonds is 3. The van der Waals surface area contributed by atoms with Crippen molar-refractivity contribution < 1.29 is 9.84 Å². The zero-order chi connectivity index (χ0) is 11.5. The maximum absolute atomic E-state index is 10.0. The van der Waals surface area contributed by atoms with Gasteiger partial charge in [0.25, 0.3) is 0 Å². The number of hydrogen-bond acceptors (Lipinski definition) is 2. The van der Waals surface area contributed by atoms with Gasteiger partial charge in [-0.2, -0.15) is 0 Å². The van der Waals surface area contributed by atoms with Gasteiger partial charge in [0.15, 0.2) is 11.5 Å². The summed E-state index contributed by atoms with van der Waals surface area (Å²) in [5, 5.41) is 10.0. The van der Waals surface area contributed by atoms with Crippen molar-refractivity contribution in [3.63, 3.8) is 0 Å². The van der Waals surface area contributed by atoms with Gasteiger partial charge in [-0.25, -0.2) is 0 Å². The van der Waals surface area contributed by atoms with E-state index >= 15 is 0 Å². The molecular formula is C13H20O2. The van der Waals surface area contributed by atoms with Gasteiger partial charge >= 0.3 is 0 Å². The van der Waals surface area contributed by atoms with E-state index in [0.29, 0.717) is 12.4 Å². The highest BCUT2D eigenvalue weighted by Crippen LogP contribution is 2.37. The average Bonchev–Trinajstić information content (AvgIpc) is 2.14. The van der Waals surface area contributed by atoms with Crippen LogP contribution in [0.1, 0.15) is 39.7 Å².